The van der Waals surface area contributed by atoms with E-state index in [0.29, 0.717) is 18.7 Å². The molecule has 1 aromatic rings. The van der Waals surface area contributed by atoms with Gasteiger partial charge in [0.2, 0.25) is 5.82 Å². The number of alkyl halides is 3. The van der Waals surface area contributed by atoms with Gasteiger partial charge in [-0.15, -0.1) is 0 Å². The van der Waals surface area contributed by atoms with Crippen molar-refractivity contribution in [3.63, 3.8) is 0 Å². The summed E-state index contributed by atoms with van der Waals surface area (Å²) < 4.78 is 36.4. The topological polar surface area (TPSA) is 37.8 Å². The van der Waals surface area contributed by atoms with E-state index in [0.717, 1.165) is 6.20 Å². The van der Waals surface area contributed by atoms with Gasteiger partial charge >= 0.3 is 6.18 Å². The summed E-state index contributed by atoms with van der Waals surface area (Å²) in [6.07, 6.45) is -2.88. The van der Waals surface area contributed by atoms with E-state index < -0.39 is 12.0 Å². The van der Waals surface area contributed by atoms with Crippen molar-refractivity contribution in [2.45, 2.75) is 12.6 Å². The van der Waals surface area contributed by atoms with E-state index in [9.17, 15) is 13.2 Å². The Labute approximate surface area is 79.4 Å². The third-order valence-corrected chi connectivity index (χ3v) is 1.60. The van der Waals surface area contributed by atoms with E-state index in [-0.39, 0.29) is 0 Å². The quantitative estimate of drug-likeness (QED) is 0.807. The van der Waals surface area contributed by atoms with Gasteiger partial charge in [0.15, 0.2) is 0 Å². The third kappa shape index (κ3) is 2.95. The molecule has 0 bridgehead atoms. The fraction of sp³-hybridized carbons (Fsp3) is 0.500. The molecule has 14 heavy (non-hydrogen) atoms. The first-order valence-electron chi connectivity index (χ1n) is 4.08. The molecule has 0 radical (unpaired) electrons. The molecule has 0 aromatic carbocycles. The van der Waals surface area contributed by atoms with Crippen LogP contribution in [0, 0.1) is 0 Å². The minimum atomic E-state index is -4.46. The second kappa shape index (κ2) is 4.36. The number of aromatic nitrogens is 2. The van der Waals surface area contributed by atoms with Gasteiger partial charge < -0.3 is 5.32 Å². The fourth-order valence-electron chi connectivity index (χ4n) is 0.925. The van der Waals surface area contributed by atoms with Crippen molar-refractivity contribution >= 4 is 0 Å². The number of nitrogens with one attached hydrogen (secondary N) is 1. The predicted molar refractivity (Wildman–Crippen MR) is 44.7 cm³/mol. The average Bonchev–Trinajstić information content (AvgIpc) is 2.14. The molecular formula is C8H10F3N3. The summed E-state index contributed by atoms with van der Waals surface area (Å²) in [5.74, 6) is -1.08. The summed E-state index contributed by atoms with van der Waals surface area (Å²) in [4.78, 5) is 6.57. The van der Waals surface area contributed by atoms with Crippen LogP contribution in [0.25, 0.3) is 0 Å². The van der Waals surface area contributed by atoms with Crippen LogP contribution in [-0.4, -0.2) is 23.6 Å². The van der Waals surface area contributed by atoms with Crippen molar-refractivity contribution in [1.82, 2.24) is 15.3 Å². The van der Waals surface area contributed by atoms with Gasteiger partial charge in [-0.1, -0.05) is 0 Å². The molecule has 78 valence electrons. The predicted octanol–water partition coefficient (Wildman–Crippen LogP) is 1.26. The van der Waals surface area contributed by atoms with Crippen LogP contribution in [0.4, 0.5) is 13.2 Å². The lowest BCUT2D eigenvalue weighted by atomic mass is 10.3. The lowest BCUT2D eigenvalue weighted by Crippen LogP contribution is -2.15. The normalized spacial score (nSPS) is 11.7. The summed E-state index contributed by atoms with van der Waals surface area (Å²) in [5, 5.41) is 2.83. The first-order chi connectivity index (χ1) is 6.54. The number of hydrogen-bond acceptors (Lipinski definition) is 3. The molecular weight excluding hydrogens is 195 g/mol. The van der Waals surface area contributed by atoms with Crippen LogP contribution in [0.5, 0.6) is 0 Å². The van der Waals surface area contributed by atoms with Crippen LogP contribution in [-0.2, 0) is 12.6 Å². The molecule has 3 nitrogen and oxygen atoms in total. The van der Waals surface area contributed by atoms with Gasteiger partial charge in [-0.25, -0.2) is 9.97 Å². The first kappa shape index (κ1) is 10.9. The average molecular weight is 205 g/mol. The molecule has 1 heterocycles. The molecule has 0 amide bonds. The summed E-state index contributed by atoms with van der Waals surface area (Å²) >= 11 is 0. The molecule has 1 rings (SSSR count). The Morgan fingerprint density at radius 1 is 1.43 bits per heavy atom. The highest BCUT2D eigenvalue weighted by Crippen LogP contribution is 2.25. The van der Waals surface area contributed by atoms with Crippen molar-refractivity contribution in [3.8, 4) is 0 Å². The Balaban J connectivity index is 2.79. The van der Waals surface area contributed by atoms with Gasteiger partial charge in [0.25, 0.3) is 0 Å². The van der Waals surface area contributed by atoms with Crippen molar-refractivity contribution < 1.29 is 13.2 Å². The van der Waals surface area contributed by atoms with Crippen molar-refractivity contribution in [3.05, 3.63) is 23.8 Å². The maximum absolute atomic E-state index is 12.1. The van der Waals surface area contributed by atoms with E-state index in [4.69, 9.17) is 0 Å². The zero-order valence-corrected chi connectivity index (χ0v) is 7.60. The molecule has 0 fully saturated rings. The monoisotopic (exact) mass is 205 g/mol. The molecule has 0 aliphatic carbocycles. The van der Waals surface area contributed by atoms with Crippen LogP contribution in [0.3, 0.4) is 0 Å². The van der Waals surface area contributed by atoms with E-state index in [1.807, 2.05) is 0 Å². The second-order valence-corrected chi connectivity index (χ2v) is 2.72. The summed E-state index contributed by atoms with van der Waals surface area (Å²) in [6.45, 7) is 0.592. The van der Waals surface area contributed by atoms with Crippen LogP contribution in [0.2, 0.25) is 0 Å². The molecule has 0 saturated carbocycles. The molecule has 0 aliphatic rings. The van der Waals surface area contributed by atoms with E-state index in [1.54, 1.807) is 7.05 Å². The van der Waals surface area contributed by atoms with Gasteiger partial charge in [0.05, 0.1) is 0 Å². The van der Waals surface area contributed by atoms with Gasteiger partial charge in [-0.2, -0.15) is 13.2 Å². The summed E-state index contributed by atoms with van der Waals surface area (Å²) in [6, 6.07) is 1.48. The molecule has 0 aliphatic heterocycles. The standard InChI is InChI=1S/C8H10F3N3/c1-12-4-2-6-3-5-13-7(14-6)8(9,10)11/h3,5,12H,2,4H2,1H3. The van der Waals surface area contributed by atoms with Crippen molar-refractivity contribution in [1.29, 1.82) is 0 Å². The maximum Gasteiger partial charge on any atom is 0.451 e. The molecule has 0 unspecified atom stereocenters. The van der Waals surface area contributed by atoms with Gasteiger partial charge in [-0.05, 0) is 13.1 Å². The smallest absolute Gasteiger partial charge is 0.319 e. The van der Waals surface area contributed by atoms with Gasteiger partial charge in [0.1, 0.15) is 0 Å². The number of likely N-dealkylation sites (N-methyl/N-ethyl adjacent to an activating group) is 1. The Kier molecular flexibility index (Phi) is 3.40. The zero-order chi connectivity index (χ0) is 10.6. The van der Waals surface area contributed by atoms with Crippen LogP contribution in [0.15, 0.2) is 12.3 Å². The second-order valence-electron chi connectivity index (χ2n) is 2.72. The number of nitrogens with zero attached hydrogens (tertiary/aromatic N) is 2. The van der Waals surface area contributed by atoms with Crippen LogP contribution < -0.4 is 5.32 Å². The van der Waals surface area contributed by atoms with Gasteiger partial charge in [0, 0.05) is 24.9 Å². The molecule has 6 heteroatoms. The number of hydrogen-bond donors (Lipinski definition) is 1. The first-order valence-corrected chi connectivity index (χ1v) is 4.08. The number of rotatable bonds is 3. The van der Waals surface area contributed by atoms with E-state index >= 15 is 0 Å². The SMILES string of the molecule is CNCCc1ccnc(C(F)(F)F)n1. The third-order valence-electron chi connectivity index (χ3n) is 1.60. The largest absolute Gasteiger partial charge is 0.451 e. The van der Waals surface area contributed by atoms with E-state index in [1.165, 1.54) is 6.07 Å². The zero-order valence-electron chi connectivity index (χ0n) is 7.60. The summed E-state index contributed by atoms with van der Waals surface area (Å²) in [5.41, 5.74) is 0.390. The molecule has 1 aromatic heterocycles. The van der Waals surface area contributed by atoms with Crippen LogP contribution in [0.1, 0.15) is 11.5 Å². The Morgan fingerprint density at radius 2 is 2.14 bits per heavy atom. The van der Waals surface area contributed by atoms with E-state index in [2.05, 4.69) is 15.3 Å². The Bertz CT molecular complexity index is 298. The number of halogens is 3. The molecule has 0 spiro atoms. The van der Waals surface area contributed by atoms with Crippen molar-refractivity contribution in [2.24, 2.45) is 0 Å². The maximum atomic E-state index is 12.1. The fourth-order valence-corrected chi connectivity index (χ4v) is 0.925. The lowest BCUT2D eigenvalue weighted by Gasteiger charge is -2.05. The molecule has 1 N–H and O–H groups in total. The minimum absolute atomic E-state index is 0.390. The highest BCUT2D eigenvalue weighted by Gasteiger charge is 2.34. The Hall–Kier alpha value is -1.17. The Morgan fingerprint density at radius 3 is 2.71 bits per heavy atom. The molecule has 0 saturated heterocycles. The summed E-state index contributed by atoms with van der Waals surface area (Å²) in [7, 11) is 1.73. The minimum Gasteiger partial charge on any atom is -0.319 e. The van der Waals surface area contributed by atoms with Gasteiger partial charge in [-0.3, -0.25) is 0 Å². The van der Waals surface area contributed by atoms with Crippen molar-refractivity contribution in [2.75, 3.05) is 13.6 Å². The van der Waals surface area contributed by atoms with Crippen LogP contribution >= 0.6 is 0 Å². The highest BCUT2D eigenvalue weighted by atomic mass is 19.4. The highest BCUT2D eigenvalue weighted by molar-refractivity contribution is 5.04. The lowest BCUT2D eigenvalue weighted by molar-refractivity contribution is -0.145. The molecule has 0 atom stereocenters.